The first kappa shape index (κ1) is 15.2. The Kier molecular flexibility index (Phi) is 4.68. The van der Waals surface area contributed by atoms with Crippen molar-refractivity contribution in [3.8, 4) is 0 Å². The smallest absolute Gasteiger partial charge is 0.273 e. The van der Waals surface area contributed by atoms with Crippen molar-refractivity contribution >= 4 is 17.5 Å². The predicted octanol–water partition coefficient (Wildman–Crippen LogP) is 2.91. The summed E-state index contributed by atoms with van der Waals surface area (Å²) in [6, 6.07) is 17.2. The number of hydrogen-bond acceptors (Lipinski definition) is 3. The van der Waals surface area contributed by atoms with Crippen LogP contribution in [0.3, 0.4) is 0 Å². The number of carbonyl (C=O) groups is 1. The number of halogens is 1. The molecule has 6 heteroatoms. The van der Waals surface area contributed by atoms with E-state index in [1.54, 1.807) is 23.0 Å². The molecule has 3 aromatic rings. The monoisotopic (exact) mass is 326 g/mol. The quantitative estimate of drug-likeness (QED) is 0.784. The van der Waals surface area contributed by atoms with E-state index in [2.05, 4.69) is 15.6 Å². The summed E-state index contributed by atoms with van der Waals surface area (Å²) in [6.45, 7) is 1.000. The molecule has 0 radical (unpaired) electrons. The van der Waals surface area contributed by atoms with Crippen LogP contribution in [0.15, 0.2) is 60.8 Å². The standard InChI is InChI=1S/C17H15ClN4O/c18-15-8-6-13(7-9-15)10-19-17(23)16-12-22(21-20-16)11-14-4-2-1-3-5-14/h1-9,12H,10-11H2,(H,19,23). The van der Waals surface area contributed by atoms with Crippen molar-refractivity contribution in [2.45, 2.75) is 13.1 Å². The first-order chi connectivity index (χ1) is 11.2. The molecule has 0 aliphatic carbocycles. The molecule has 1 N–H and O–H groups in total. The lowest BCUT2D eigenvalue weighted by Crippen LogP contribution is -2.23. The number of nitrogens with zero attached hydrogens (tertiary/aromatic N) is 3. The van der Waals surface area contributed by atoms with E-state index in [-0.39, 0.29) is 5.91 Å². The van der Waals surface area contributed by atoms with Gasteiger partial charge in [0.25, 0.3) is 5.91 Å². The molecule has 5 nitrogen and oxygen atoms in total. The van der Waals surface area contributed by atoms with E-state index in [4.69, 9.17) is 11.6 Å². The molecular weight excluding hydrogens is 312 g/mol. The Morgan fingerprint density at radius 1 is 1.04 bits per heavy atom. The molecule has 0 unspecified atom stereocenters. The minimum atomic E-state index is -0.251. The van der Waals surface area contributed by atoms with Gasteiger partial charge in [0.1, 0.15) is 0 Å². The fourth-order valence-corrected chi connectivity index (χ4v) is 2.25. The van der Waals surface area contributed by atoms with Crippen molar-refractivity contribution < 1.29 is 4.79 Å². The molecule has 0 fully saturated rings. The summed E-state index contributed by atoms with van der Waals surface area (Å²) >= 11 is 5.83. The summed E-state index contributed by atoms with van der Waals surface area (Å²) in [5.74, 6) is -0.251. The van der Waals surface area contributed by atoms with Gasteiger partial charge in [-0.25, -0.2) is 4.68 Å². The summed E-state index contributed by atoms with van der Waals surface area (Å²) in [7, 11) is 0. The number of hydrogen-bond donors (Lipinski definition) is 1. The van der Waals surface area contributed by atoms with Gasteiger partial charge in [-0.05, 0) is 23.3 Å². The molecular formula is C17H15ClN4O. The molecule has 0 aliphatic heterocycles. The molecule has 0 saturated carbocycles. The zero-order valence-corrected chi connectivity index (χ0v) is 13.1. The van der Waals surface area contributed by atoms with Gasteiger partial charge in [-0.1, -0.05) is 59.3 Å². The Morgan fingerprint density at radius 2 is 1.78 bits per heavy atom. The Balaban J connectivity index is 1.59. The summed E-state index contributed by atoms with van der Waals surface area (Å²) in [4.78, 5) is 12.1. The number of nitrogens with one attached hydrogen (secondary N) is 1. The van der Waals surface area contributed by atoms with E-state index >= 15 is 0 Å². The first-order valence-corrected chi connectivity index (χ1v) is 7.55. The van der Waals surface area contributed by atoms with Crippen LogP contribution >= 0.6 is 11.6 Å². The van der Waals surface area contributed by atoms with Crippen LogP contribution in [-0.2, 0) is 13.1 Å². The van der Waals surface area contributed by atoms with E-state index in [1.807, 2.05) is 42.5 Å². The highest BCUT2D eigenvalue weighted by atomic mass is 35.5. The molecule has 0 bridgehead atoms. The third-order valence-corrected chi connectivity index (χ3v) is 3.58. The van der Waals surface area contributed by atoms with Crippen molar-refractivity contribution in [3.63, 3.8) is 0 Å². The van der Waals surface area contributed by atoms with Crippen LogP contribution in [0.2, 0.25) is 5.02 Å². The van der Waals surface area contributed by atoms with E-state index in [9.17, 15) is 4.79 Å². The van der Waals surface area contributed by atoms with E-state index in [0.29, 0.717) is 23.8 Å². The molecule has 3 rings (SSSR count). The lowest BCUT2D eigenvalue weighted by atomic mass is 10.2. The zero-order valence-electron chi connectivity index (χ0n) is 12.3. The second-order valence-electron chi connectivity index (χ2n) is 5.10. The summed E-state index contributed by atoms with van der Waals surface area (Å²) in [5.41, 5.74) is 2.37. The van der Waals surface area contributed by atoms with Gasteiger partial charge in [0.2, 0.25) is 0 Å². The molecule has 116 valence electrons. The van der Waals surface area contributed by atoms with E-state index in [0.717, 1.165) is 11.1 Å². The van der Waals surface area contributed by atoms with Gasteiger partial charge in [0.05, 0.1) is 12.7 Å². The highest BCUT2D eigenvalue weighted by molar-refractivity contribution is 6.30. The third-order valence-electron chi connectivity index (χ3n) is 3.33. The molecule has 1 heterocycles. The average Bonchev–Trinajstić information content (AvgIpc) is 3.03. The van der Waals surface area contributed by atoms with Crippen molar-refractivity contribution in [1.29, 1.82) is 0 Å². The molecule has 0 spiro atoms. The number of amides is 1. The highest BCUT2D eigenvalue weighted by Crippen LogP contribution is 2.09. The Labute approximate surface area is 138 Å². The Hall–Kier alpha value is -2.66. The summed E-state index contributed by atoms with van der Waals surface area (Å²) < 4.78 is 1.65. The van der Waals surface area contributed by atoms with Gasteiger partial charge < -0.3 is 5.32 Å². The Morgan fingerprint density at radius 3 is 2.52 bits per heavy atom. The van der Waals surface area contributed by atoms with Gasteiger partial charge in [0, 0.05) is 11.6 Å². The minimum Gasteiger partial charge on any atom is -0.347 e. The van der Waals surface area contributed by atoms with Crippen molar-refractivity contribution in [3.05, 3.63) is 82.6 Å². The molecule has 1 aromatic heterocycles. The number of benzene rings is 2. The molecule has 1 amide bonds. The van der Waals surface area contributed by atoms with Crippen LogP contribution in [-0.4, -0.2) is 20.9 Å². The Bertz CT molecular complexity index is 784. The van der Waals surface area contributed by atoms with Crippen LogP contribution < -0.4 is 5.32 Å². The van der Waals surface area contributed by atoms with Crippen LogP contribution in [0.25, 0.3) is 0 Å². The second kappa shape index (κ2) is 7.07. The van der Waals surface area contributed by atoms with Crippen LogP contribution in [0.1, 0.15) is 21.6 Å². The van der Waals surface area contributed by atoms with Gasteiger partial charge in [-0.2, -0.15) is 0 Å². The minimum absolute atomic E-state index is 0.251. The third kappa shape index (κ3) is 4.17. The number of carbonyl (C=O) groups excluding carboxylic acids is 1. The van der Waals surface area contributed by atoms with Crippen molar-refractivity contribution in [2.24, 2.45) is 0 Å². The SMILES string of the molecule is O=C(NCc1ccc(Cl)cc1)c1cn(Cc2ccccc2)nn1. The fraction of sp³-hybridized carbons (Fsp3) is 0.118. The maximum atomic E-state index is 12.1. The van der Waals surface area contributed by atoms with Crippen LogP contribution in [0.4, 0.5) is 0 Å². The maximum Gasteiger partial charge on any atom is 0.273 e. The van der Waals surface area contributed by atoms with Crippen molar-refractivity contribution in [1.82, 2.24) is 20.3 Å². The molecule has 23 heavy (non-hydrogen) atoms. The van der Waals surface area contributed by atoms with E-state index < -0.39 is 0 Å². The van der Waals surface area contributed by atoms with Crippen molar-refractivity contribution in [2.75, 3.05) is 0 Å². The summed E-state index contributed by atoms with van der Waals surface area (Å²) in [6.07, 6.45) is 1.64. The summed E-state index contributed by atoms with van der Waals surface area (Å²) in [5, 5.41) is 11.4. The first-order valence-electron chi connectivity index (χ1n) is 7.17. The van der Waals surface area contributed by atoms with Gasteiger partial charge in [0.15, 0.2) is 5.69 Å². The lowest BCUT2D eigenvalue weighted by Gasteiger charge is -2.03. The van der Waals surface area contributed by atoms with Crippen LogP contribution in [0.5, 0.6) is 0 Å². The van der Waals surface area contributed by atoms with E-state index in [1.165, 1.54) is 0 Å². The molecule has 0 atom stereocenters. The van der Waals surface area contributed by atoms with Gasteiger partial charge in [-0.3, -0.25) is 4.79 Å². The highest BCUT2D eigenvalue weighted by Gasteiger charge is 2.10. The van der Waals surface area contributed by atoms with Crippen LogP contribution in [0, 0.1) is 0 Å². The molecule has 0 saturated heterocycles. The average molecular weight is 327 g/mol. The molecule has 2 aromatic carbocycles. The normalized spacial score (nSPS) is 10.5. The largest absolute Gasteiger partial charge is 0.347 e. The lowest BCUT2D eigenvalue weighted by molar-refractivity contribution is 0.0946. The topological polar surface area (TPSA) is 59.8 Å². The van der Waals surface area contributed by atoms with Gasteiger partial charge in [-0.15, -0.1) is 5.10 Å². The molecule has 0 aliphatic rings. The maximum absolute atomic E-state index is 12.1. The van der Waals surface area contributed by atoms with Gasteiger partial charge >= 0.3 is 0 Å². The fourth-order valence-electron chi connectivity index (χ4n) is 2.13. The number of rotatable bonds is 5. The predicted molar refractivity (Wildman–Crippen MR) is 88.2 cm³/mol. The second-order valence-corrected chi connectivity index (χ2v) is 5.53. The zero-order chi connectivity index (χ0) is 16.1. The number of aromatic nitrogens is 3.